The van der Waals surface area contributed by atoms with Gasteiger partial charge in [-0.2, -0.15) is 5.48 Å². The molecule has 0 spiro atoms. The van der Waals surface area contributed by atoms with Crippen molar-refractivity contribution in [3.05, 3.63) is 95.3 Å². The summed E-state index contributed by atoms with van der Waals surface area (Å²) in [7, 11) is -3.01. The number of rotatable bonds is 11. The fraction of sp³-hybridized carbons (Fsp3) is 0.357. The van der Waals surface area contributed by atoms with E-state index in [2.05, 4.69) is 65.0 Å². The van der Waals surface area contributed by atoms with Crippen LogP contribution in [0.1, 0.15) is 35.1 Å². The van der Waals surface area contributed by atoms with Crippen molar-refractivity contribution in [2.45, 2.75) is 38.0 Å². The maximum absolute atomic E-state index is 11.6. The lowest BCUT2D eigenvalue weighted by atomic mass is 9.97. The van der Waals surface area contributed by atoms with Crippen LogP contribution in [0.3, 0.4) is 0 Å². The molecule has 1 aliphatic rings. The van der Waals surface area contributed by atoms with E-state index >= 15 is 0 Å². The average molecular weight is 479 g/mol. The number of unbranched alkanes of at least 4 members (excludes halogenated alkanes) is 1. The quantitative estimate of drug-likeness (QED) is 0.244. The summed E-state index contributed by atoms with van der Waals surface area (Å²) in [5.41, 5.74) is 7.79. The molecule has 3 aromatic carbocycles. The standard InChI is InChI=1S/C28H34N2O3S/c1-34(31,32)22-24-11-13-26-14-17-30(21-28(26)20-24)16-5-4-15-29-33-18-6-7-23-10-12-25-8-2-3-9-27(25)19-23/h2-3,6,8-13,18-20,29H,4-5,7,14-17,21-22H2,1H3. The molecule has 0 saturated carbocycles. The molecule has 0 atom stereocenters. The van der Waals surface area contributed by atoms with Crippen LogP contribution in [0.25, 0.3) is 10.8 Å². The van der Waals surface area contributed by atoms with E-state index < -0.39 is 9.84 Å². The Morgan fingerprint density at radius 2 is 1.79 bits per heavy atom. The Bertz CT molecular complexity index is 1240. The van der Waals surface area contributed by atoms with Gasteiger partial charge < -0.3 is 4.84 Å². The molecule has 0 aromatic heterocycles. The molecule has 1 aliphatic heterocycles. The highest BCUT2D eigenvalue weighted by Crippen LogP contribution is 2.22. The van der Waals surface area contributed by atoms with Crippen LogP contribution in [0.4, 0.5) is 0 Å². The molecule has 0 fully saturated rings. The van der Waals surface area contributed by atoms with Crippen molar-refractivity contribution in [2.24, 2.45) is 0 Å². The van der Waals surface area contributed by atoms with Gasteiger partial charge in [-0.25, -0.2) is 8.42 Å². The van der Waals surface area contributed by atoms with E-state index in [9.17, 15) is 8.42 Å². The molecule has 5 nitrogen and oxygen atoms in total. The summed E-state index contributed by atoms with van der Waals surface area (Å²) in [6.45, 7) is 3.80. The van der Waals surface area contributed by atoms with Gasteiger partial charge in [0.2, 0.25) is 0 Å². The first-order valence-electron chi connectivity index (χ1n) is 12.0. The molecule has 1 heterocycles. The van der Waals surface area contributed by atoms with E-state index in [0.717, 1.165) is 57.4 Å². The van der Waals surface area contributed by atoms with Gasteiger partial charge in [0.15, 0.2) is 9.84 Å². The number of allylic oxidation sites excluding steroid dienone is 1. The van der Waals surface area contributed by atoms with E-state index in [1.165, 1.54) is 33.7 Å². The molecule has 3 aromatic rings. The molecule has 4 rings (SSSR count). The highest BCUT2D eigenvalue weighted by atomic mass is 32.2. The number of hydroxylamine groups is 1. The first-order valence-corrected chi connectivity index (χ1v) is 14.0. The minimum atomic E-state index is -3.01. The lowest BCUT2D eigenvalue weighted by molar-refractivity contribution is 0.131. The Hall–Kier alpha value is -2.67. The number of sulfone groups is 1. The summed E-state index contributed by atoms with van der Waals surface area (Å²) in [6.07, 6.45) is 9.04. The first kappa shape index (κ1) is 24.5. The molecule has 34 heavy (non-hydrogen) atoms. The van der Waals surface area contributed by atoms with Gasteiger partial charge >= 0.3 is 0 Å². The predicted molar refractivity (Wildman–Crippen MR) is 139 cm³/mol. The SMILES string of the molecule is CS(=O)(=O)Cc1ccc2c(c1)CN(CCCCNOC=CCc1ccc3ccccc3c1)CC2. The predicted octanol–water partition coefficient (Wildman–Crippen LogP) is 4.80. The van der Waals surface area contributed by atoms with Crippen LogP contribution in [0.15, 0.2) is 73.0 Å². The molecule has 180 valence electrons. The Kier molecular flexibility index (Phi) is 8.38. The highest BCUT2D eigenvalue weighted by molar-refractivity contribution is 7.89. The third-order valence-corrected chi connectivity index (χ3v) is 7.07. The number of nitrogens with zero attached hydrogens (tertiary/aromatic N) is 1. The van der Waals surface area contributed by atoms with Gasteiger partial charge in [-0.15, -0.1) is 0 Å². The van der Waals surface area contributed by atoms with E-state index in [0.29, 0.717) is 0 Å². The molecule has 0 aliphatic carbocycles. The van der Waals surface area contributed by atoms with Crippen molar-refractivity contribution >= 4 is 20.6 Å². The van der Waals surface area contributed by atoms with Crippen LogP contribution in [-0.2, 0) is 39.8 Å². The number of hydrogen-bond acceptors (Lipinski definition) is 5. The van der Waals surface area contributed by atoms with Crippen LogP contribution >= 0.6 is 0 Å². The summed E-state index contributed by atoms with van der Waals surface area (Å²) in [6, 6.07) is 21.1. The molecule has 0 amide bonds. The van der Waals surface area contributed by atoms with Gasteiger partial charge in [-0.05, 0) is 71.3 Å². The largest absolute Gasteiger partial charge is 0.417 e. The minimum absolute atomic E-state index is 0.114. The van der Waals surface area contributed by atoms with Crippen molar-refractivity contribution in [3.63, 3.8) is 0 Å². The summed E-state index contributed by atoms with van der Waals surface area (Å²) < 4.78 is 23.2. The molecule has 0 unspecified atom stereocenters. The Labute approximate surface area is 203 Å². The van der Waals surface area contributed by atoms with Crippen LogP contribution in [0.5, 0.6) is 0 Å². The second-order valence-electron chi connectivity index (χ2n) is 9.18. The summed E-state index contributed by atoms with van der Waals surface area (Å²) in [5.74, 6) is 0.114. The number of nitrogens with one attached hydrogen (secondary N) is 1. The second kappa shape index (κ2) is 11.6. The zero-order valence-corrected chi connectivity index (χ0v) is 20.7. The van der Waals surface area contributed by atoms with Gasteiger partial charge in [0.25, 0.3) is 0 Å². The summed E-state index contributed by atoms with van der Waals surface area (Å²) in [4.78, 5) is 7.90. The van der Waals surface area contributed by atoms with Crippen molar-refractivity contribution in [1.29, 1.82) is 0 Å². The van der Waals surface area contributed by atoms with Crippen LogP contribution in [-0.4, -0.2) is 39.2 Å². The summed E-state index contributed by atoms with van der Waals surface area (Å²) >= 11 is 0. The van der Waals surface area contributed by atoms with Gasteiger partial charge in [0, 0.05) is 25.9 Å². The molecule has 6 heteroatoms. The third-order valence-electron chi connectivity index (χ3n) is 6.21. The van der Waals surface area contributed by atoms with Crippen LogP contribution < -0.4 is 5.48 Å². The lowest BCUT2D eigenvalue weighted by Crippen LogP contribution is -2.31. The zero-order valence-electron chi connectivity index (χ0n) is 19.9. The molecule has 0 radical (unpaired) electrons. The van der Waals surface area contributed by atoms with E-state index in [1.54, 1.807) is 6.26 Å². The Morgan fingerprint density at radius 1 is 0.971 bits per heavy atom. The van der Waals surface area contributed by atoms with Crippen molar-refractivity contribution in [2.75, 3.05) is 25.9 Å². The van der Waals surface area contributed by atoms with E-state index in [-0.39, 0.29) is 5.75 Å². The minimum Gasteiger partial charge on any atom is -0.417 e. The maximum atomic E-state index is 11.6. The monoisotopic (exact) mass is 478 g/mol. The third kappa shape index (κ3) is 7.42. The van der Waals surface area contributed by atoms with Crippen LogP contribution in [0, 0.1) is 0 Å². The number of fused-ring (bicyclic) bond motifs is 2. The van der Waals surface area contributed by atoms with Crippen LogP contribution in [0.2, 0.25) is 0 Å². The topological polar surface area (TPSA) is 58.6 Å². The van der Waals surface area contributed by atoms with E-state index in [4.69, 9.17) is 4.84 Å². The normalized spacial score (nSPS) is 14.5. The van der Waals surface area contributed by atoms with Crippen molar-refractivity contribution in [1.82, 2.24) is 10.4 Å². The molecular weight excluding hydrogens is 444 g/mol. The molecule has 0 bridgehead atoms. The first-order chi connectivity index (χ1) is 16.5. The number of hydrogen-bond donors (Lipinski definition) is 1. The van der Waals surface area contributed by atoms with Gasteiger partial charge in [-0.3, -0.25) is 4.90 Å². The zero-order chi connectivity index (χ0) is 23.8. The van der Waals surface area contributed by atoms with Crippen molar-refractivity contribution < 1.29 is 13.3 Å². The molecule has 1 N–H and O–H groups in total. The smallest absolute Gasteiger partial charge is 0.151 e. The fourth-order valence-electron chi connectivity index (χ4n) is 4.49. The van der Waals surface area contributed by atoms with Crippen molar-refractivity contribution in [3.8, 4) is 0 Å². The highest BCUT2D eigenvalue weighted by Gasteiger charge is 2.17. The fourth-order valence-corrected chi connectivity index (χ4v) is 5.28. The van der Waals surface area contributed by atoms with E-state index in [1.807, 2.05) is 12.1 Å². The van der Waals surface area contributed by atoms with Gasteiger partial charge in [0.05, 0.1) is 5.75 Å². The average Bonchev–Trinajstić information content (AvgIpc) is 2.81. The Morgan fingerprint density at radius 3 is 2.65 bits per heavy atom. The summed E-state index contributed by atoms with van der Waals surface area (Å²) in [5, 5.41) is 2.53. The second-order valence-corrected chi connectivity index (χ2v) is 11.3. The van der Waals surface area contributed by atoms with Gasteiger partial charge in [0.1, 0.15) is 6.26 Å². The Balaban J connectivity index is 1.11. The lowest BCUT2D eigenvalue weighted by Gasteiger charge is -2.29. The molecular formula is C28H34N2O3S. The maximum Gasteiger partial charge on any atom is 0.151 e. The molecule has 0 saturated heterocycles. The number of benzene rings is 3. The van der Waals surface area contributed by atoms with Gasteiger partial charge in [-0.1, -0.05) is 60.7 Å².